The number of hydrogen-bond donors (Lipinski definition) is 3. The van der Waals surface area contributed by atoms with Gasteiger partial charge in [-0.1, -0.05) is 31.2 Å². The first-order valence-corrected chi connectivity index (χ1v) is 12.3. The smallest absolute Gasteiger partial charge is 0.338 e. The van der Waals surface area contributed by atoms with Crippen LogP contribution in [-0.4, -0.2) is 29.4 Å². The predicted molar refractivity (Wildman–Crippen MR) is 147 cm³/mol. The average molecular weight is 527 g/mol. The molecule has 0 fully saturated rings. The minimum atomic E-state index is -0.647. The fraction of sp³-hybridized carbons (Fsp3) is 0.133. The highest BCUT2D eigenvalue weighted by atomic mass is 19.1. The van der Waals surface area contributed by atoms with Crippen molar-refractivity contribution in [3.8, 4) is 11.1 Å². The van der Waals surface area contributed by atoms with Crippen LogP contribution in [0.15, 0.2) is 85.2 Å². The summed E-state index contributed by atoms with van der Waals surface area (Å²) in [6.07, 6.45) is 3.11. The van der Waals surface area contributed by atoms with Crippen molar-refractivity contribution in [2.45, 2.75) is 19.9 Å². The van der Waals surface area contributed by atoms with Crippen LogP contribution in [0.25, 0.3) is 11.1 Å². The van der Waals surface area contributed by atoms with Gasteiger partial charge in [0.05, 0.1) is 24.1 Å². The highest BCUT2D eigenvalue weighted by Gasteiger charge is 2.15. The second-order valence-corrected chi connectivity index (χ2v) is 8.64. The first kappa shape index (κ1) is 27.2. The molecule has 4 rings (SSSR count). The summed E-state index contributed by atoms with van der Waals surface area (Å²) in [6.45, 7) is 2.42. The zero-order valence-corrected chi connectivity index (χ0v) is 21.2. The van der Waals surface area contributed by atoms with E-state index in [1.807, 2.05) is 6.92 Å². The Morgan fingerprint density at radius 1 is 0.897 bits per heavy atom. The Balaban J connectivity index is 1.56. The van der Waals surface area contributed by atoms with E-state index < -0.39 is 17.7 Å². The van der Waals surface area contributed by atoms with Gasteiger partial charge in [0.2, 0.25) is 0 Å². The lowest BCUT2D eigenvalue weighted by atomic mass is 9.95. The van der Waals surface area contributed by atoms with Crippen LogP contribution < -0.4 is 16.4 Å². The van der Waals surface area contributed by atoms with Gasteiger partial charge in [0, 0.05) is 29.6 Å². The van der Waals surface area contributed by atoms with Crippen LogP contribution in [-0.2, 0) is 11.3 Å². The van der Waals surface area contributed by atoms with Crippen LogP contribution in [0.3, 0.4) is 0 Å². The average Bonchev–Trinajstić information content (AvgIpc) is 2.96. The van der Waals surface area contributed by atoms with E-state index >= 15 is 0 Å². The molecular formula is C30H27FN4O4. The number of anilines is 2. The number of carbonyl (C=O) groups is 3. The molecule has 0 atom stereocenters. The predicted octanol–water partition coefficient (Wildman–Crippen LogP) is 5.42. The Bertz CT molecular complexity index is 1520. The number of nitrogens with two attached hydrogens (primary N) is 1. The van der Waals surface area contributed by atoms with Gasteiger partial charge in [-0.05, 0) is 71.6 Å². The van der Waals surface area contributed by atoms with Crippen molar-refractivity contribution in [2.75, 3.05) is 17.2 Å². The molecule has 3 aromatic carbocycles. The largest absolute Gasteiger partial charge is 0.462 e. The highest BCUT2D eigenvalue weighted by molar-refractivity contribution is 6.06. The van der Waals surface area contributed by atoms with Gasteiger partial charge in [-0.3, -0.25) is 14.6 Å². The number of rotatable bonds is 9. The lowest BCUT2D eigenvalue weighted by Crippen LogP contribution is -2.14. The monoisotopic (exact) mass is 526 g/mol. The quantitative estimate of drug-likeness (QED) is 0.250. The van der Waals surface area contributed by atoms with E-state index in [4.69, 9.17) is 10.5 Å². The van der Waals surface area contributed by atoms with Crippen LogP contribution in [0.1, 0.15) is 50.0 Å². The minimum absolute atomic E-state index is 0.0146. The molecule has 0 aliphatic carbocycles. The van der Waals surface area contributed by atoms with Gasteiger partial charge >= 0.3 is 5.97 Å². The maximum atomic E-state index is 14.0. The second kappa shape index (κ2) is 12.6. The van der Waals surface area contributed by atoms with E-state index in [-0.39, 0.29) is 18.1 Å². The summed E-state index contributed by atoms with van der Waals surface area (Å²) in [7, 11) is 0. The fourth-order valence-corrected chi connectivity index (χ4v) is 3.87. The summed E-state index contributed by atoms with van der Waals surface area (Å²) in [5.74, 6) is -1.99. The van der Waals surface area contributed by atoms with Crippen molar-refractivity contribution >= 4 is 29.2 Å². The fourth-order valence-electron chi connectivity index (χ4n) is 3.87. The van der Waals surface area contributed by atoms with E-state index in [2.05, 4.69) is 15.6 Å². The second-order valence-electron chi connectivity index (χ2n) is 8.64. The van der Waals surface area contributed by atoms with Crippen LogP contribution in [0, 0.1) is 5.82 Å². The van der Waals surface area contributed by atoms with Crippen LogP contribution in [0.2, 0.25) is 0 Å². The molecule has 4 aromatic rings. The van der Waals surface area contributed by atoms with Gasteiger partial charge in [0.15, 0.2) is 5.82 Å². The van der Waals surface area contributed by atoms with E-state index in [9.17, 15) is 18.8 Å². The van der Waals surface area contributed by atoms with E-state index in [0.29, 0.717) is 46.5 Å². The van der Waals surface area contributed by atoms with Crippen molar-refractivity contribution in [1.29, 1.82) is 0 Å². The Hall–Kier alpha value is -4.89. The maximum Gasteiger partial charge on any atom is 0.338 e. The Kier molecular flexibility index (Phi) is 8.75. The number of pyridine rings is 1. The van der Waals surface area contributed by atoms with Crippen LogP contribution in [0.5, 0.6) is 0 Å². The Morgan fingerprint density at radius 3 is 2.41 bits per heavy atom. The normalized spacial score (nSPS) is 10.5. The molecule has 2 amide bonds. The molecule has 4 N–H and O–H groups in total. The number of carbonyl (C=O) groups excluding carboxylic acids is 3. The van der Waals surface area contributed by atoms with Crippen LogP contribution in [0.4, 0.5) is 15.8 Å². The zero-order valence-electron chi connectivity index (χ0n) is 21.2. The van der Waals surface area contributed by atoms with Gasteiger partial charge in [0.25, 0.3) is 11.8 Å². The standard InChI is InChI=1S/C30H27FN4O4/c1-2-13-39-30(38)22-7-4-8-24(15-22)34-28(36)20-6-3-5-19(14-20)25-16-21(9-10-23(25)17-32)29(37)35-27-11-12-33-18-26(27)31/h3-12,14-16,18H,2,13,17,32H2,1H3,(H,34,36)(H,33,35,37). The van der Waals surface area contributed by atoms with Crippen molar-refractivity contribution in [2.24, 2.45) is 5.73 Å². The van der Waals surface area contributed by atoms with Crippen molar-refractivity contribution in [1.82, 2.24) is 4.98 Å². The van der Waals surface area contributed by atoms with E-state index in [0.717, 1.165) is 11.8 Å². The Morgan fingerprint density at radius 2 is 1.64 bits per heavy atom. The third-order valence-corrected chi connectivity index (χ3v) is 5.84. The summed E-state index contributed by atoms with van der Waals surface area (Å²) >= 11 is 0. The topological polar surface area (TPSA) is 123 Å². The maximum absolute atomic E-state index is 14.0. The number of ether oxygens (including phenoxy) is 1. The molecule has 0 saturated heterocycles. The number of amides is 2. The SMILES string of the molecule is CCCOC(=O)c1cccc(NC(=O)c2cccc(-c3cc(C(=O)Nc4ccncc4F)ccc3CN)c2)c1. The molecule has 8 nitrogen and oxygen atoms in total. The van der Waals surface area contributed by atoms with E-state index in [1.165, 1.54) is 12.3 Å². The summed E-state index contributed by atoms with van der Waals surface area (Å²) in [5.41, 5.74) is 9.50. The molecule has 0 radical (unpaired) electrons. The number of halogens is 1. The molecule has 0 saturated carbocycles. The molecule has 1 heterocycles. The summed E-state index contributed by atoms with van der Waals surface area (Å²) in [6, 6.07) is 19.7. The summed E-state index contributed by atoms with van der Waals surface area (Å²) in [5, 5.41) is 5.34. The molecule has 198 valence electrons. The molecule has 9 heteroatoms. The molecule has 0 spiro atoms. The number of hydrogen-bond acceptors (Lipinski definition) is 6. The minimum Gasteiger partial charge on any atom is -0.462 e. The van der Waals surface area contributed by atoms with Gasteiger partial charge in [0.1, 0.15) is 0 Å². The number of esters is 1. The Labute approximate surface area is 225 Å². The highest BCUT2D eigenvalue weighted by Crippen LogP contribution is 2.27. The van der Waals surface area contributed by atoms with Gasteiger partial charge in [-0.25, -0.2) is 9.18 Å². The number of nitrogens with zero attached hydrogens (tertiary/aromatic N) is 1. The molecule has 39 heavy (non-hydrogen) atoms. The molecule has 0 bridgehead atoms. The number of aromatic nitrogens is 1. The van der Waals surface area contributed by atoms with Gasteiger partial charge in [-0.2, -0.15) is 0 Å². The lowest BCUT2D eigenvalue weighted by Gasteiger charge is -2.13. The molecule has 0 aliphatic rings. The van der Waals surface area contributed by atoms with Crippen molar-refractivity contribution in [3.05, 3.63) is 113 Å². The first-order valence-electron chi connectivity index (χ1n) is 12.3. The third-order valence-electron chi connectivity index (χ3n) is 5.84. The number of benzene rings is 3. The molecular weight excluding hydrogens is 499 g/mol. The molecule has 0 unspecified atom stereocenters. The third kappa shape index (κ3) is 6.71. The van der Waals surface area contributed by atoms with Gasteiger partial charge in [-0.15, -0.1) is 0 Å². The van der Waals surface area contributed by atoms with E-state index in [1.54, 1.807) is 66.7 Å². The summed E-state index contributed by atoms with van der Waals surface area (Å²) in [4.78, 5) is 41.7. The first-order chi connectivity index (χ1) is 18.9. The van der Waals surface area contributed by atoms with Crippen molar-refractivity contribution < 1.29 is 23.5 Å². The number of nitrogens with one attached hydrogen (secondary N) is 2. The van der Waals surface area contributed by atoms with Crippen LogP contribution >= 0.6 is 0 Å². The molecule has 1 aromatic heterocycles. The summed E-state index contributed by atoms with van der Waals surface area (Å²) < 4.78 is 19.1. The lowest BCUT2D eigenvalue weighted by molar-refractivity contribution is 0.0505. The van der Waals surface area contributed by atoms with Gasteiger partial charge < -0.3 is 21.1 Å². The van der Waals surface area contributed by atoms with Crippen molar-refractivity contribution in [3.63, 3.8) is 0 Å². The zero-order chi connectivity index (χ0) is 27.8. The molecule has 0 aliphatic heterocycles.